The molecule has 0 heterocycles. The van der Waals surface area contributed by atoms with Gasteiger partial charge in [-0.15, -0.1) is 0 Å². The number of esters is 1. The molecule has 3 aromatic rings. The minimum atomic E-state index is -4.66. The number of halogens is 4. The highest BCUT2D eigenvalue weighted by atomic mass is 35.5. The SMILES string of the molecule is COc1cc(/C(C)=N/NC(=O)C(=O)Nc2cc(C(F)(F)F)ccc2Cl)ccc1OC(=O)c1ccc(C)cc1. The molecule has 0 spiro atoms. The number of benzene rings is 3. The number of methoxy groups -OCH3 is 1. The van der Waals surface area contributed by atoms with Gasteiger partial charge in [-0.2, -0.15) is 18.3 Å². The molecule has 2 amide bonds. The van der Waals surface area contributed by atoms with Gasteiger partial charge in [0.25, 0.3) is 0 Å². The molecule has 0 saturated heterocycles. The van der Waals surface area contributed by atoms with Crippen LogP contribution in [0, 0.1) is 6.92 Å². The van der Waals surface area contributed by atoms with E-state index < -0.39 is 29.5 Å². The van der Waals surface area contributed by atoms with E-state index in [4.69, 9.17) is 21.1 Å². The molecule has 12 heteroatoms. The molecule has 0 aliphatic carbocycles. The first-order valence-corrected chi connectivity index (χ1v) is 11.3. The number of anilines is 1. The summed E-state index contributed by atoms with van der Waals surface area (Å²) in [6.45, 7) is 3.41. The van der Waals surface area contributed by atoms with Crippen LogP contribution < -0.4 is 20.2 Å². The third-order valence-corrected chi connectivity index (χ3v) is 5.47. The molecule has 0 aliphatic rings. The van der Waals surface area contributed by atoms with Crippen molar-refractivity contribution in [1.82, 2.24) is 5.43 Å². The van der Waals surface area contributed by atoms with Gasteiger partial charge in [-0.05, 0) is 62.4 Å². The predicted molar refractivity (Wildman–Crippen MR) is 135 cm³/mol. The molecule has 0 bridgehead atoms. The Morgan fingerprint density at radius 1 is 0.895 bits per heavy atom. The summed E-state index contributed by atoms with van der Waals surface area (Å²) in [6, 6.07) is 13.7. The van der Waals surface area contributed by atoms with Crippen LogP contribution in [0.25, 0.3) is 0 Å². The molecule has 8 nitrogen and oxygen atoms in total. The highest BCUT2D eigenvalue weighted by Gasteiger charge is 2.31. The molecule has 0 saturated carbocycles. The first-order valence-electron chi connectivity index (χ1n) is 10.9. The molecule has 0 aliphatic heterocycles. The standard InChI is InChI=1S/C26H21ClF3N3O5/c1-14-4-6-16(7-5-14)25(36)38-21-11-8-17(12-22(21)37-3)15(2)32-33-24(35)23(34)31-20-13-18(26(28,29)30)9-10-19(20)27/h4-13H,1-3H3,(H,31,34)(H,33,35)/b32-15+. The van der Waals surface area contributed by atoms with Gasteiger partial charge in [0.2, 0.25) is 0 Å². The summed E-state index contributed by atoms with van der Waals surface area (Å²) in [7, 11) is 1.37. The van der Waals surface area contributed by atoms with E-state index in [0.29, 0.717) is 17.2 Å². The molecule has 198 valence electrons. The third-order valence-electron chi connectivity index (χ3n) is 5.14. The highest BCUT2D eigenvalue weighted by Crippen LogP contribution is 2.34. The molecule has 0 fully saturated rings. The Morgan fingerprint density at radius 2 is 1.55 bits per heavy atom. The predicted octanol–water partition coefficient (Wildman–Crippen LogP) is 5.37. The second-order valence-corrected chi connectivity index (χ2v) is 8.31. The summed E-state index contributed by atoms with van der Waals surface area (Å²) >= 11 is 5.83. The smallest absolute Gasteiger partial charge is 0.416 e. The van der Waals surface area contributed by atoms with Crippen molar-refractivity contribution in [3.8, 4) is 11.5 Å². The second-order valence-electron chi connectivity index (χ2n) is 7.91. The number of nitrogens with one attached hydrogen (secondary N) is 2. The van der Waals surface area contributed by atoms with Gasteiger partial charge < -0.3 is 14.8 Å². The van der Waals surface area contributed by atoms with Gasteiger partial charge >= 0.3 is 24.0 Å². The second kappa shape index (κ2) is 11.8. The zero-order valence-electron chi connectivity index (χ0n) is 20.3. The minimum absolute atomic E-state index is 0.149. The average molecular weight is 548 g/mol. The number of aryl methyl sites for hydroxylation is 1. The summed E-state index contributed by atoms with van der Waals surface area (Å²) in [6.07, 6.45) is -4.66. The van der Waals surface area contributed by atoms with Crippen molar-refractivity contribution in [3.63, 3.8) is 0 Å². The van der Waals surface area contributed by atoms with Gasteiger partial charge in [-0.25, -0.2) is 10.2 Å². The first kappa shape index (κ1) is 28.2. The summed E-state index contributed by atoms with van der Waals surface area (Å²) < 4.78 is 49.4. The summed E-state index contributed by atoms with van der Waals surface area (Å²) in [4.78, 5) is 36.7. The molecular formula is C26H21ClF3N3O5. The van der Waals surface area contributed by atoms with Crippen LogP contribution in [0.4, 0.5) is 18.9 Å². The number of rotatable bonds is 6. The molecule has 3 aromatic carbocycles. The van der Waals surface area contributed by atoms with Crippen LogP contribution >= 0.6 is 11.6 Å². The number of carbonyl (C=O) groups excluding carboxylic acids is 3. The number of hydrogen-bond donors (Lipinski definition) is 2. The number of hydrazone groups is 1. The van der Waals surface area contributed by atoms with Crippen LogP contribution in [0.15, 0.2) is 65.8 Å². The fourth-order valence-corrected chi connectivity index (χ4v) is 3.22. The maximum atomic E-state index is 12.9. The van der Waals surface area contributed by atoms with Crippen molar-refractivity contribution in [2.75, 3.05) is 12.4 Å². The van der Waals surface area contributed by atoms with Crippen LogP contribution in [0.3, 0.4) is 0 Å². The normalized spacial score (nSPS) is 11.5. The Labute approximate surface area is 220 Å². The molecular weight excluding hydrogens is 527 g/mol. The number of carbonyl (C=O) groups is 3. The van der Waals surface area contributed by atoms with E-state index in [9.17, 15) is 27.6 Å². The molecule has 0 radical (unpaired) electrons. The van der Waals surface area contributed by atoms with Crippen molar-refractivity contribution in [3.05, 3.63) is 87.9 Å². The number of nitrogens with zero attached hydrogens (tertiary/aromatic N) is 1. The molecule has 0 atom stereocenters. The van der Waals surface area contributed by atoms with Crippen LogP contribution in [-0.2, 0) is 15.8 Å². The van der Waals surface area contributed by atoms with Crippen molar-refractivity contribution >= 4 is 40.8 Å². The van der Waals surface area contributed by atoms with E-state index in [1.807, 2.05) is 17.7 Å². The van der Waals surface area contributed by atoms with Crippen LogP contribution in [-0.4, -0.2) is 30.6 Å². The van der Waals surface area contributed by atoms with Crippen LogP contribution in [0.5, 0.6) is 11.5 Å². The fourth-order valence-electron chi connectivity index (χ4n) is 3.05. The van der Waals surface area contributed by atoms with Gasteiger partial charge in [0.1, 0.15) is 0 Å². The highest BCUT2D eigenvalue weighted by molar-refractivity contribution is 6.41. The maximum absolute atomic E-state index is 12.9. The number of amides is 2. The minimum Gasteiger partial charge on any atom is -0.493 e. The monoisotopic (exact) mass is 547 g/mol. The Kier molecular flexibility index (Phi) is 8.74. The van der Waals surface area contributed by atoms with E-state index in [0.717, 1.165) is 17.7 Å². The van der Waals surface area contributed by atoms with Crippen LogP contribution in [0.2, 0.25) is 5.02 Å². The molecule has 2 N–H and O–H groups in total. The van der Waals surface area contributed by atoms with Crippen molar-refractivity contribution < 1.29 is 37.0 Å². The topological polar surface area (TPSA) is 106 Å². The van der Waals surface area contributed by atoms with Gasteiger partial charge in [-0.3, -0.25) is 9.59 Å². The maximum Gasteiger partial charge on any atom is 0.416 e. The number of alkyl halides is 3. The lowest BCUT2D eigenvalue weighted by Gasteiger charge is -2.12. The zero-order chi connectivity index (χ0) is 28.0. The summed E-state index contributed by atoms with van der Waals surface area (Å²) in [5.74, 6) is -2.75. The van der Waals surface area contributed by atoms with Crippen molar-refractivity contribution in [2.24, 2.45) is 5.10 Å². The van der Waals surface area contributed by atoms with Gasteiger partial charge in [0.05, 0.1) is 34.7 Å². The lowest BCUT2D eigenvalue weighted by molar-refractivity contribution is -0.137. The Bertz CT molecular complexity index is 1410. The largest absolute Gasteiger partial charge is 0.493 e. The summed E-state index contributed by atoms with van der Waals surface area (Å²) in [5, 5.41) is 5.68. The van der Waals surface area contributed by atoms with Crippen molar-refractivity contribution in [1.29, 1.82) is 0 Å². The van der Waals surface area contributed by atoms with Gasteiger partial charge in [-0.1, -0.05) is 29.3 Å². The van der Waals surface area contributed by atoms with E-state index >= 15 is 0 Å². The molecule has 0 aromatic heterocycles. The molecule has 3 rings (SSSR count). The lowest BCUT2D eigenvalue weighted by Crippen LogP contribution is -2.33. The third kappa shape index (κ3) is 7.10. The lowest BCUT2D eigenvalue weighted by atomic mass is 10.1. The fraction of sp³-hybridized carbons (Fsp3) is 0.154. The van der Waals surface area contributed by atoms with Gasteiger partial charge in [0, 0.05) is 5.56 Å². The van der Waals surface area contributed by atoms with Crippen LogP contribution in [0.1, 0.15) is 34.0 Å². The zero-order valence-corrected chi connectivity index (χ0v) is 21.0. The summed E-state index contributed by atoms with van der Waals surface area (Å²) in [5.41, 5.74) is 2.63. The Morgan fingerprint density at radius 3 is 2.18 bits per heavy atom. The van der Waals surface area contributed by atoms with E-state index in [1.165, 1.54) is 26.2 Å². The number of hydrogen-bond acceptors (Lipinski definition) is 6. The molecule has 38 heavy (non-hydrogen) atoms. The van der Waals surface area contributed by atoms with E-state index in [1.54, 1.807) is 30.3 Å². The number of ether oxygens (including phenoxy) is 2. The quantitative estimate of drug-likeness (QED) is 0.142. The first-order chi connectivity index (χ1) is 17.9. The van der Waals surface area contributed by atoms with Gasteiger partial charge in [0.15, 0.2) is 11.5 Å². The Balaban J connectivity index is 1.68. The van der Waals surface area contributed by atoms with E-state index in [-0.39, 0.29) is 27.9 Å². The average Bonchev–Trinajstić information content (AvgIpc) is 2.88. The Hall–Kier alpha value is -4.38. The molecule has 0 unspecified atom stereocenters. The van der Waals surface area contributed by atoms with Crippen molar-refractivity contribution in [2.45, 2.75) is 20.0 Å². The van der Waals surface area contributed by atoms with E-state index in [2.05, 4.69) is 5.10 Å².